The summed E-state index contributed by atoms with van der Waals surface area (Å²) in [5.74, 6) is -5.29. The number of nitrogens with two attached hydrogens (primary N) is 1. The minimum atomic E-state index is -5.11. The molecule has 1 aliphatic rings. The molecule has 1 unspecified atom stereocenters. The van der Waals surface area contributed by atoms with E-state index >= 15 is 0 Å². The maximum Gasteiger partial charge on any atom is 0.469 e. The van der Waals surface area contributed by atoms with Gasteiger partial charge in [0.25, 0.3) is 0 Å². The summed E-state index contributed by atoms with van der Waals surface area (Å²) in [7, 11) is -5.11. The van der Waals surface area contributed by atoms with Gasteiger partial charge >= 0.3 is 7.82 Å². The number of likely N-dealkylation sites (tertiary alicyclic amines) is 1. The number of aryl methyl sites for hydroxylation is 1. The number of aromatic amines is 1. The minimum absolute atomic E-state index is 0.0896. The van der Waals surface area contributed by atoms with Crippen LogP contribution in [0.1, 0.15) is 58.2 Å². The average molecular weight is 822 g/mol. The van der Waals surface area contributed by atoms with Crippen LogP contribution in [0.2, 0.25) is 0 Å². The first-order valence-corrected chi connectivity index (χ1v) is 19.7. The summed E-state index contributed by atoms with van der Waals surface area (Å²) in [6, 6.07) is 2.69. The maximum atomic E-state index is 13.8. The van der Waals surface area contributed by atoms with Gasteiger partial charge in [0.2, 0.25) is 35.4 Å². The molecule has 0 saturated carbocycles. The number of hydrogen-bond acceptors (Lipinski definition) is 12. The summed E-state index contributed by atoms with van der Waals surface area (Å²) < 4.78 is 15.7. The fourth-order valence-corrected chi connectivity index (χ4v) is 6.57. The van der Waals surface area contributed by atoms with E-state index in [2.05, 4.69) is 40.9 Å². The first-order valence-electron chi connectivity index (χ1n) is 18.2. The first kappa shape index (κ1) is 46.2. The Morgan fingerprint density at radius 3 is 2.25 bits per heavy atom. The van der Waals surface area contributed by atoms with Crippen molar-refractivity contribution in [2.75, 3.05) is 13.2 Å². The molecule has 6 amide bonds. The van der Waals surface area contributed by atoms with E-state index in [4.69, 9.17) is 20.4 Å². The number of carbonyl (C=O) groups is 6. The number of oxime groups is 1. The molecule has 1 aromatic carbocycles. The summed E-state index contributed by atoms with van der Waals surface area (Å²) in [5.41, 5.74) is 6.81. The number of nitrogens with zero attached hydrogens (tertiary/aromatic N) is 3. The predicted molar refractivity (Wildman–Crippen MR) is 202 cm³/mol. The standard InChI is InChI=1S/C35H52N9O12P/c1-20(2)13-26(41-35(51)29-15-25(17-44(29)22(4)46)55-39-12-8-11-23-9-6-5-7-10-23)32(48)40-27(14-24-16-37-19-38-24)33(49)42-28(18-45)34(50)43-30(31(36)47)21(3)56-57(52,53)54/h5-7,9-10,12,16,19-21,25-30,45H,8,11,13-15,17-18H2,1-4H3,(H2,36,47)(H,37,38)(H,40,48)(H,41,51)(H,42,49)(H,43,50)(H2,52,53,54)/b39-12+/t21-,25?,26+,27+,28+,29+,30+/m1/s1. The number of benzene rings is 1. The molecular formula is C35H52N9O12P. The highest BCUT2D eigenvalue weighted by molar-refractivity contribution is 7.46. The van der Waals surface area contributed by atoms with Crippen molar-refractivity contribution >= 4 is 49.5 Å². The van der Waals surface area contributed by atoms with Gasteiger partial charge < -0.3 is 56.6 Å². The molecule has 1 saturated heterocycles. The third-order valence-electron chi connectivity index (χ3n) is 8.80. The molecule has 0 spiro atoms. The number of H-pyrrole nitrogens is 1. The topological polar surface area (TPSA) is 317 Å². The molecule has 10 N–H and O–H groups in total. The lowest BCUT2D eigenvalue weighted by Crippen LogP contribution is -2.61. The number of aromatic nitrogens is 2. The fourth-order valence-electron chi connectivity index (χ4n) is 6.01. The van der Waals surface area contributed by atoms with Crippen LogP contribution in [0, 0.1) is 5.92 Å². The van der Waals surface area contributed by atoms with Crippen molar-refractivity contribution in [2.45, 2.75) is 102 Å². The van der Waals surface area contributed by atoms with Gasteiger partial charge in [-0.25, -0.2) is 9.55 Å². The second kappa shape index (κ2) is 21.9. The highest BCUT2D eigenvalue weighted by atomic mass is 31.2. The van der Waals surface area contributed by atoms with E-state index in [9.17, 15) is 38.4 Å². The third kappa shape index (κ3) is 15.3. The van der Waals surface area contributed by atoms with Crippen LogP contribution in [-0.4, -0.2) is 127 Å². The van der Waals surface area contributed by atoms with Gasteiger partial charge in [-0.2, -0.15) is 0 Å². The lowest BCUT2D eigenvalue weighted by molar-refractivity contribution is -0.139. The van der Waals surface area contributed by atoms with Crippen LogP contribution in [-0.2, 0) is 55.5 Å². The van der Waals surface area contributed by atoms with E-state index in [1.165, 1.54) is 24.3 Å². The zero-order valence-corrected chi connectivity index (χ0v) is 33.0. The predicted octanol–water partition coefficient (Wildman–Crippen LogP) is -1.46. The lowest BCUT2D eigenvalue weighted by atomic mass is 10.0. The zero-order chi connectivity index (χ0) is 42.3. The molecule has 7 atom stereocenters. The molecule has 2 aromatic rings. The summed E-state index contributed by atoms with van der Waals surface area (Å²) in [6.07, 6.45) is 3.54. The summed E-state index contributed by atoms with van der Waals surface area (Å²) in [5, 5.41) is 23.7. The molecule has 1 aliphatic heterocycles. The monoisotopic (exact) mass is 821 g/mol. The average Bonchev–Trinajstić information content (AvgIpc) is 3.82. The number of imidazole rings is 1. The van der Waals surface area contributed by atoms with Crippen molar-refractivity contribution in [2.24, 2.45) is 16.8 Å². The molecule has 1 aromatic heterocycles. The SMILES string of the molecule is CC(=O)N1CC(O/N=C/CCc2ccccc2)C[C@H]1C(=O)N[C@@H](CC(C)C)C(=O)N[C@@H](Cc1cnc[nH]1)C(=O)N[C@@H](CO)C(=O)N[C@H](C(N)=O)[C@@H](C)OP(=O)(O)O. The van der Waals surface area contributed by atoms with E-state index < -0.39 is 86.4 Å². The normalized spacial score (nSPS) is 18.3. The van der Waals surface area contributed by atoms with Gasteiger partial charge in [0.1, 0.15) is 36.3 Å². The van der Waals surface area contributed by atoms with Crippen LogP contribution in [0.25, 0.3) is 0 Å². The molecule has 3 rings (SSSR count). The van der Waals surface area contributed by atoms with Gasteiger partial charge in [-0.15, -0.1) is 0 Å². The smallest absolute Gasteiger partial charge is 0.394 e. The Morgan fingerprint density at radius 1 is 1.02 bits per heavy atom. The van der Waals surface area contributed by atoms with Crippen LogP contribution in [0.5, 0.6) is 0 Å². The summed E-state index contributed by atoms with van der Waals surface area (Å²) >= 11 is 0. The number of phosphoric acid groups is 1. The van der Waals surface area contributed by atoms with Crippen molar-refractivity contribution in [3.63, 3.8) is 0 Å². The Balaban J connectivity index is 1.72. The minimum Gasteiger partial charge on any atom is -0.394 e. The molecule has 57 heavy (non-hydrogen) atoms. The molecule has 0 bridgehead atoms. The molecule has 314 valence electrons. The number of primary amides is 1. The van der Waals surface area contributed by atoms with Crippen LogP contribution < -0.4 is 27.0 Å². The van der Waals surface area contributed by atoms with Gasteiger partial charge in [-0.1, -0.05) is 49.3 Å². The van der Waals surface area contributed by atoms with Crippen LogP contribution >= 0.6 is 7.82 Å². The highest BCUT2D eigenvalue weighted by Gasteiger charge is 2.41. The summed E-state index contributed by atoms with van der Waals surface area (Å²) in [4.78, 5) is 111. The molecule has 0 radical (unpaired) electrons. The number of aliphatic hydroxyl groups is 1. The third-order valence-corrected chi connectivity index (χ3v) is 9.41. The second-order valence-corrected chi connectivity index (χ2v) is 15.1. The summed E-state index contributed by atoms with van der Waals surface area (Å²) in [6.45, 7) is 5.08. The quantitative estimate of drug-likeness (QED) is 0.0373. The number of hydrogen-bond donors (Lipinski definition) is 9. The molecule has 21 nitrogen and oxygen atoms in total. The molecule has 22 heteroatoms. The molecule has 0 aliphatic carbocycles. The maximum absolute atomic E-state index is 13.8. The zero-order valence-electron chi connectivity index (χ0n) is 32.1. The molecule has 2 heterocycles. The number of aliphatic hydroxyl groups excluding tert-OH is 1. The van der Waals surface area contributed by atoms with E-state index in [0.717, 1.165) is 18.9 Å². The Morgan fingerprint density at radius 2 is 1.67 bits per heavy atom. The molecule has 1 fully saturated rings. The number of amides is 6. The van der Waals surface area contributed by atoms with Gasteiger partial charge in [-0.05, 0) is 37.7 Å². The van der Waals surface area contributed by atoms with Gasteiger partial charge in [0.15, 0.2) is 0 Å². The fraction of sp³-hybridized carbons (Fsp3) is 0.543. The van der Waals surface area contributed by atoms with Gasteiger partial charge in [0, 0.05) is 37.9 Å². The van der Waals surface area contributed by atoms with Crippen LogP contribution in [0.3, 0.4) is 0 Å². The highest BCUT2D eigenvalue weighted by Crippen LogP contribution is 2.38. The Hall–Kier alpha value is -5.21. The number of nitrogens with one attached hydrogen (secondary N) is 5. The van der Waals surface area contributed by atoms with E-state index in [1.807, 2.05) is 44.2 Å². The van der Waals surface area contributed by atoms with E-state index in [1.54, 1.807) is 6.21 Å². The Kier molecular flexibility index (Phi) is 17.8. The van der Waals surface area contributed by atoms with Crippen molar-refractivity contribution < 1.29 is 57.6 Å². The number of phosphoric ester groups is 1. The largest absolute Gasteiger partial charge is 0.469 e. The lowest BCUT2D eigenvalue weighted by Gasteiger charge is -2.28. The van der Waals surface area contributed by atoms with Crippen molar-refractivity contribution in [3.8, 4) is 0 Å². The van der Waals surface area contributed by atoms with Gasteiger partial charge in [0.05, 0.1) is 25.6 Å². The van der Waals surface area contributed by atoms with Crippen molar-refractivity contribution in [3.05, 3.63) is 54.1 Å². The van der Waals surface area contributed by atoms with Crippen molar-refractivity contribution in [1.82, 2.24) is 36.1 Å². The number of rotatable bonds is 22. The van der Waals surface area contributed by atoms with E-state index in [-0.39, 0.29) is 37.6 Å². The van der Waals surface area contributed by atoms with E-state index in [0.29, 0.717) is 12.1 Å². The number of carbonyl (C=O) groups excluding carboxylic acids is 6. The van der Waals surface area contributed by atoms with Gasteiger partial charge in [-0.3, -0.25) is 33.3 Å². The molecular weight excluding hydrogens is 769 g/mol. The van der Waals surface area contributed by atoms with Crippen molar-refractivity contribution in [1.29, 1.82) is 0 Å². The van der Waals surface area contributed by atoms with Crippen LogP contribution in [0.15, 0.2) is 48.0 Å². The Labute approximate surface area is 329 Å². The Bertz CT molecular complexity index is 1740. The van der Waals surface area contributed by atoms with Crippen LogP contribution in [0.4, 0.5) is 0 Å². The second-order valence-electron chi connectivity index (χ2n) is 13.9. The first-order chi connectivity index (χ1) is 26.9.